The molecule has 6 aromatic rings. The van der Waals surface area contributed by atoms with Crippen LogP contribution in [0.1, 0.15) is 33.5 Å². The molecule has 8 rings (SSSR count). The first kappa shape index (κ1) is 48.8. The summed E-state index contributed by atoms with van der Waals surface area (Å²) in [5.41, 5.74) is 15.9. The third kappa shape index (κ3) is 9.95. The van der Waals surface area contributed by atoms with Crippen molar-refractivity contribution in [3.63, 3.8) is 0 Å². The number of carbonyl (C=O) groups is 3. The fourth-order valence-corrected chi connectivity index (χ4v) is 11.9. The maximum absolute atomic E-state index is 14.6. The number of benzene rings is 4. The Morgan fingerprint density at radius 1 is 0.913 bits per heavy atom. The summed E-state index contributed by atoms with van der Waals surface area (Å²) in [4.78, 5) is 53.7. The molecule has 0 aliphatic carbocycles. The van der Waals surface area contributed by atoms with Gasteiger partial charge in [0.15, 0.2) is 5.13 Å². The van der Waals surface area contributed by atoms with Gasteiger partial charge in [0.05, 0.1) is 23.9 Å². The van der Waals surface area contributed by atoms with E-state index >= 15 is 0 Å². The van der Waals surface area contributed by atoms with Gasteiger partial charge in [-0.25, -0.2) is 9.78 Å². The lowest BCUT2D eigenvalue weighted by Gasteiger charge is -2.49. The molecule has 2 aromatic heterocycles. The van der Waals surface area contributed by atoms with E-state index in [0.717, 1.165) is 22.5 Å². The standard InChI is InChI=1S/C48H48N9O8PS3/c1-29-40(49)54-47(57(51)41(29)50)69-27-31-26-67-44-38(43(59)56(44)39(31)45(60)65-24-30-20-22-35(62-2)23-21-30)53-42(58)36(25-66(61,63-3)64-4)37-28-68-46(52-37)55-48(32-14-8-5-9-15-32,33-16-10-6-11-17-33)34-18-12-7-13-19-34/h5-23,25,28,38,44H,24,26-27,51H2,1-4H3,(H5,49,50,52,53,55,58)/p+1/b36-25-/t38-,44-/m1/s1. The summed E-state index contributed by atoms with van der Waals surface area (Å²) in [6, 6.07) is 35.7. The van der Waals surface area contributed by atoms with Crippen LogP contribution in [0.2, 0.25) is 0 Å². The first-order valence-electron chi connectivity index (χ1n) is 21.3. The second kappa shape index (κ2) is 20.9. The number of nitrogen functional groups attached to an aromatic ring is 3. The molecule has 2 amide bonds. The summed E-state index contributed by atoms with van der Waals surface area (Å²) in [6.45, 7) is 1.60. The van der Waals surface area contributed by atoms with Crippen LogP contribution in [0.25, 0.3) is 5.57 Å². The fraction of sp³-hybridized carbons (Fsp3) is 0.208. The number of hydrogen-bond donors (Lipinski definition) is 5. The number of β-lactam (4-membered cyclic amide) rings is 1. The van der Waals surface area contributed by atoms with Gasteiger partial charge in [0.2, 0.25) is 11.6 Å². The van der Waals surface area contributed by atoms with Crippen LogP contribution >= 0.6 is 42.5 Å². The third-order valence-corrected chi connectivity index (χ3v) is 16.3. The SMILES string of the molecule is COc1ccc(COC(=O)C2=C(CSc3nc(N)c(C)c(N)[n+]3N)CS[C@@H]3[C@H](NC(=O)/C(=C\P(=O)(OC)OC)c4csc(NC(c5ccccc5)(c5ccccc5)c5ccccc5)n4)C(=O)N23)cc1. The van der Waals surface area contributed by atoms with E-state index in [0.29, 0.717) is 27.6 Å². The summed E-state index contributed by atoms with van der Waals surface area (Å²) >= 11 is 3.75. The molecule has 2 atom stereocenters. The lowest BCUT2D eigenvalue weighted by Crippen LogP contribution is -2.70. The molecule has 8 N–H and O–H groups in total. The van der Waals surface area contributed by atoms with Crippen molar-refractivity contribution < 1.29 is 42.1 Å². The van der Waals surface area contributed by atoms with Crippen LogP contribution in [0.3, 0.4) is 0 Å². The fourth-order valence-electron chi connectivity index (χ4n) is 7.83. The summed E-state index contributed by atoms with van der Waals surface area (Å²) in [6.07, 6.45) is 0. The normalized spacial score (nSPS) is 16.1. The maximum Gasteiger partial charge on any atom is 0.355 e. The van der Waals surface area contributed by atoms with E-state index in [1.807, 2.05) is 91.0 Å². The highest BCUT2D eigenvalue weighted by atomic mass is 32.2. The molecule has 0 radical (unpaired) electrons. The van der Waals surface area contributed by atoms with E-state index in [9.17, 15) is 18.9 Å². The molecule has 21 heteroatoms. The Kier molecular flexibility index (Phi) is 14.8. The van der Waals surface area contributed by atoms with Crippen LogP contribution < -0.4 is 37.4 Å². The minimum absolute atomic E-state index is 0.0277. The number of esters is 1. The number of nitrogens with zero attached hydrogens (tertiary/aromatic N) is 4. The van der Waals surface area contributed by atoms with Crippen LogP contribution in [0.15, 0.2) is 143 Å². The average molecular weight is 1010 g/mol. The number of anilines is 3. The summed E-state index contributed by atoms with van der Waals surface area (Å²) in [5.74, 6) is 6.72. The zero-order valence-corrected chi connectivity index (χ0v) is 41.2. The van der Waals surface area contributed by atoms with E-state index in [1.165, 1.54) is 58.7 Å². The molecule has 0 spiro atoms. The first-order chi connectivity index (χ1) is 33.3. The molecule has 0 saturated carbocycles. The predicted octanol–water partition coefficient (Wildman–Crippen LogP) is 6.44. The van der Waals surface area contributed by atoms with Gasteiger partial charge in [-0.3, -0.25) is 24.9 Å². The van der Waals surface area contributed by atoms with Gasteiger partial charge < -0.3 is 40.6 Å². The number of nitrogens with one attached hydrogen (secondary N) is 2. The minimum atomic E-state index is -4.01. The molecule has 0 unspecified atom stereocenters. The van der Waals surface area contributed by atoms with E-state index in [1.54, 1.807) is 43.7 Å². The number of ether oxygens (including phenoxy) is 2. The van der Waals surface area contributed by atoms with Crippen LogP contribution in [-0.2, 0) is 44.9 Å². The lowest BCUT2D eigenvalue weighted by atomic mass is 9.77. The van der Waals surface area contributed by atoms with E-state index in [4.69, 9.17) is 40.8 Å². The molecule has 0 bridgehead atoms. The second-order valence-corrected chi connectivity index (χ2v) is 20.6. The highest BCUT2D eigenvalue weighted by Crippen LogP contribution is 2.51. The number of rotatable bonds is 18. The lowest BCUT2D eigenvalue weighted by molar-refractivity contribution is -0.667. The predicted molar refractivity (Wildman–Crippen MR) is 268 cm³/mol. The van der Waals surface area contributed by atoms with E-state index in [-0.39, 0.29) is 51.9 Å². The maximum atomic E-state index is 14.6. The van der Waals surface area contributed by atoms with Crippen LogP contribution in [0.5, 0.6) is 5.75 Å². The van der Waals surface area contributed by atoms with Crippen molar-refractivity contribution in [2.75, 3.05) is 55.5 Å². The Morgan fingerprint density at radius 2 is 1.51 bits per heavy atom. The van der Waals surface area contributed by atoms with Crippen LogP contribution in [0, 0.1) is 6.92 Å². The molecule has 1 fully saturated rings. The quantitative estimate of drug-likeness (QED) is 0.00716. The molecular formula is C48H49N9O8PS3+. The largest absolute Gasteiger partial charge is 0.497 e. The molecule has 356 valence electrons. The summed E-state index contributed by atoms with van der Waals surface area (Å²) in [7, 11) is -0.0576. The van der Waals surface area contributed by atoms with Crippen molar-refractivity contribution in [1.29, 1.82) is 0 Å². The number of methoxy groups -OCH3 is 1. The zero-order valence-electron chi connectivity index (χ0n) is 37.9. The summed E-state index contributed by atoms with van der Waals surface area (Å²) < 4.78 is 36.6. The third-order valence-electron chi connectivity index (χ3n) is 11.6. The van der Waals surface area contributed by atoms with Gasteiger partial charge in [0, 0.05) is 36.9 Å². The number of hydrogen-bond acceptors (Lipinski definition) is 17. The highest BCUT2D eigenvalue weighted by molar-refractivity contribution is 8.01. The Labute approximate surface area is 411 Å². The molecule has 17 nitrogen and oxygen atoms in total. The molecule has 4 aromatic carbocycles. The number of amides is 2. The number of aromatic nitrogens is 3. The average Bonchev–Trinajstić information content (AvgIpc) is 3.86. The van der Waals surface area contributed by atoms with Crippen molar-refractivity contribution in [2.24, 2.45) is 0 Å². The number of fused-ring (bicyclic) bond motifs is 1. The minimum Gasteiger partial charge on any atom is -0.497 e. The van der Waals surface area contributed by atoms with Gasteiger partial charge in [0.25, 0.3) is 11.8 Å². The molecule has 4 heterocycles. The van der Waals surface area contributed by atoms with Crippen LogP contribution in [0.4, 0.5) is 16.8 Å². The second-order valence-electron chi connectivity index (χ2n) is 15.6. The van der Waals surface area contributed by atoms with Gasteiger partial charge >= 0.3 is 18.7 Å². The smallest absolute Gasteiger partial charge is 0.355 e. The van der Waals surface area contributed by atoms with Gasteiger partial charge in [-0.1, -0.05) is 108 Å². The van der Waals surface area contributed by atoms with Crippen molar-refractivity contribution in [1.82, 2.24) is 20.2 Å². The Morgan fingerprint density at radius 3 is 2.07 bits per heavy atom. The monoisotopic (exact) mass is 1010 g/mol. The molecule has 2 aliphatic rings. The van der Waals surface area contributed by atoms with Crippen LogP contribution in [-0.4, -0.2) is 76.9 Å². The Balaban J connectivity index is 1.09. The van der Waals surface area contributed by atoms with Crippen molar-refractivity contribution in [3.8, 4) is 5.75 Å². The zero-order chi connectivity index (χ0) is 48.9. The number of thioether (sulfide) groups is 2. The highest BCUT2D eigenvalue weighted by Gasteiger charge is 2.55. The first-order valence-corrected chi connectivity index (χ1v) is 25.8. The number of carbonyl (C=O) groups excluding carboxylic acids is 3. The van der Waals surface area contributed by atoms with E-state index in [2.05, 4.69) is 15.6 Å². The Hall–Kier alpha value is -6.67. The van der Waals surface area contributed by atoms with Crippen molar-refractivity contribution in [3.05, 3.63) is 171 Å². The number of thiazole rings is 1. The van der Waals surface area contributed by atoms with Crippen molar-refractivity contribution in [2.45, 2.75) is 35.6 Å². The summed E-state index contributed by atoms with van der Waals surface area (Å²) in [5, 5.41) is 8.18. The molecular weight excluding hydrogens is 958 g/mol. The molecule has 69 heavy (non-hydrogen) atoms. The van der Waals surface area contributed by atoms with Gasteiger partial charge in [-0.15, -0.1) is 27.8 Å². The van der Waals surface area contributed by atoms with Gasteiger partial charge in [-0.05, 0) is 58.6 Å². The molecule has 2 aliphatic heterocycles. The van der Waals surface area contributed by atoms with E-state index < -0.39 is 42.3 Å². The van der Waals surface area contributed by atoms with Crippen molar-refractivity contribution >= 4 is 82.6 Å². The number of nitrogens with two attached hydrogens (primary N) is 3. The van der Waals surface area contributed by atoms with Gasteiger partial charge in [-0.2, -0.15) is 0 Å². The topological polar surface area (TPSA) is 240 Å². The Bertz CT molecular complexity index is 2880. The van der Waals surface area contributed by atoms with Gasteiger partial charge in [0.1, 0.15) is 35.0 Å². The molecule has 1 saturated heterocycles.